The zero-order chi connectivity index (χ0) is 18.8. The molecule has 2 bridgehead atoms. The van der Waals surface area contributed by atoms with Gasteiger partial charge in [-0.2, -0.15) is 0 Å². The van der Waals surface area contributed by atoms with E-state index >= 15 is 0 Å². The molecular formula is C20H23N3O3S. The van der Waals surface area contributed by atoms with E-state index in [9.17, 15) is 14.4 Å². The normalized spacial score (nSPS) is 28.4. The summed E-state index contributed by atoms with van der Waals surface area (Å²) in [5.41, 5.74) is 0.780. The van der Waals surface area contributed by atoms with Gasteiger partial charge in [-0.1, -0.05) is 12.5 Å². The zero-order valence-corrected chi connectivity index (χ0v) is 15.9. The second-order valence-electron chi connectivity index (χ2n) is 7.61. The van der Waals surface area contributed by atoms with E-state index in [-0.39, 0.29) is 23.6 Å². The van der Waals surface area contributed by atoms with E-state index in [1.807, 2.05) is 6.07 Å². The first-order chi connectivity index (χ1) is 13.1. The number of hydrogen-bond donors (Lipinski definition) is 1. The van der Waals surface area contributed by atoms with Crippen molar-refractivity contribution in [1.29, 1.82) is 0 Å². The molecule has 1 N–H and O–H groups in total. The predicted octanol–water partition coefficient (Wildman–Crippen LogP) is 3.06. The van der Waals surface area contributed by atoms with Crippen LogP contribution in [0.15, 0.2) is 29.4 Å². The minimum absolute atomic E-state index is 0.0328. The largest absolute Gasteiger partial charge is 0.354 e. The van der Waals surface area contributed by atoms with Crippen LogP contribution in [0.25, 0.3) is 6.08 Å². The Balaban J connectivity index is 1.26. The van der Waals surface area contributed by atoms with Crippen LogP contribution in [0.2, 0.25) is 0 Å². The molecule has 3 amide bonds. The average molecular weight is 385 g/mol. The van der Waals surface area contributed by atoms with Gasteiger partial charge in [-0.05, 0) is 66.5 Å². The smallest absolute Gasteiger partial charge is 0.293 e. The molecule has 3 unspecified atom stereocenters. The lowest BCUT2D eigenvalue weighted by molar-refractivity contribution is -0.124. The molecule has 0 radical (unpaired) electrons. The minimum atomic E-state index is -0.309. The van der Waals surface area contributed by atoms with Crippen LogP contribution < -0.4 is 5.32 Å². The fourth-order valence-electron chi connectivity index (χ4n) is 4.55. The van der Waals surface area contributed by atoms with Crippen molar-refractivity contribution in [2.75, 3.05) is 13.1 Å². The van der Waals surface area contributed by atoms with Crippen LogP contribution in [-0.4, -0.2) is 40.0 Å². The van der Waals surface area contributed by atoms with E-state index in [0.717, 1.165) is 29.2 Å². The van der Waals surface area contributed by atoms with Crippen LogP contribution in [0.3, 0.4) is 0 Å². The SMILES string of the molecule is O=C(CC1CC2CCC1C2)NCCN1C(=O)S/C(=C\c2cccnc2)C1=O. The number of hydrogen-bond acceptors (Lipinski definition) is 5. The summed E-state index contributed by atoms with van der Waals surface area (Å²) in [6, 6.07) is 3.61. The van der Waals surface area contributed by atoms with E-state index in [0.29, 0.717) is 23.8 Å². The fourth-order valence-corrected chi connectivity index (χ4v) is 5.41. The maximum absolute atomic E-state index is 12.4. The summed E-state index contributed by atoms with van der Waals surface area (Å²) < 4.78 is 0. The van der Waals surface area contributed by atoms with Crippen molar-refractivity contribution in [2.45, 2.75) is 32.1 Å². The zero-order valence-electron chi connectivity index (χ0n) is 15.1. The van der Waals surface area contributed by atoms with E-state index < -0.39 is 0 Å². The third-order valence-corrected chi connectivity index (χ3v) is 6.75. The quantitative estimate of drug-likeness (QED) is 0.762. The second kappa shape index (κ2) is 7.84. The van der Waals surface area contributed by atoms with Gasteiger partial charge in [-0.25, -0.2) is 0 Å². The van der Waals surface area contributed by atoms with Gasteiger partial charge >= 0.3 is 0 Å². The minimum Gasteiger partial charge on any atom is -0.354 e. The molecular weight excluding hydrogens is 362 g/mol. The monoisotopic (exact) mass is 385 g/mol. The molecule has 3 fully saturated rings. The molecule has 3 atom stereocenters. The van der Waals surface area contributed by atoms with E-state index in [2.05, 4.69) is 10.3 Å². The Morgan fingerprint density at radius 2 is 2.22 bits per heavy atom. The second-order valence-corrected chi connectivity index (χ2v) is 8.60. The Morgan fingerprint density at radius 1 is 1.33 bits per heavy atom. The number of nitrogens with one attached hydrogen (secondary N) is 1. The molecule has 2 saturated carbocycles. The lowest BCUT2D eigenvalue weighted by Crippen LogP contribution is -2.38. The average Bonchev–Trinajstić information content (AvgIpc) is 3.34. The maximum atomic E-state index is 12.4. The number of aromatic nitrogens is 1. The Labute approximate surface area is 162 Å². The van der Waals surface area contributed by atoms with E-state index in [4.69, 9.17) is 0 Å². The number of thioether (sulfide) groups is 1. The lowest BCUT2D eigenvalue weighted by Gasteiger charge is -2.21. The first kappa shape index (κ1) is 18.2. The summed E-state index contributed by atoms with van der Waals surface area (Å²) in [5.74, 6) is 1.79. The molecule has 1 aromatic rings. The highest BCUT2D eigenvalue weighted by Gasteiger charge is 2.40. The number of amides is 3. The van der Waals surface area contributed by atoms with Gasteiger partial charge in [-0.15, -0.1) is 0 Å². The molecule has 0 aromatic carbocycles. The summed E-state index contributed by atoms with van der Waals surface area (Å²) >= 11 is 0.928. The third kappa shape index (κ3) is 4.08. The van der Waals surface area contributed by atoms with Gasteiger partial charge in [0.25, 0.3) is 11.1 Å². The Hall–Kier alpha value is -2.15. The van der Waals surface area contributed by atoms with Crippen molar-refractivity contribution in [2.24, 2.45) is 17.8 Å². The molecule has 4 rings (SSSR count). The lowest BCUT2D eigenvalue weighted by atomic mass is 9.86. The number of nitrogens with zero attached hydrogens (tertiary/aromatic N) is 2. The van der Waals surface area contributed by atoms with Crippen LogP contribution >= 0.6 is 11.8 Å². The molecule has 27 heavy (non-hydrogen) atoms. The predicted molar refractivity (Wildman–Crippen MR) is 103 cm³/mol. The van der Waals surface area contributed by atoms with Crippen molar-refractivity contribution in [3.63, 3.8) is 0 Å². The first-order valence-electron chi connectivity index (χ1n) is 9.52. The van der Waals surface area contributed by atoms with Gasteiger partial charge in [0.2, 0.25) is 5.91 Å². The molecule has 3 aliphatic rings. The van der Waals surface area contributed by atoms with Crippen LogP contribution in [0, 0.1) is 17.8 Å². The van der Waals surface area contributed by atoms with Gasteiger partial charge in [-0.3, -0.25) is 24.3 Å². The Morgan fingerprint density at radius 3 is 2.93 bits per heavy atom. The molecule has 1 saturated heterocycles. The van der Waals surface area contributed by atoms with Gasteiger partial charge in [0.15, 0.2) is 0 Å². The summed E-state index contributed by atoms with van der Waals surface area (Å²) in [7, 11) is 0. The molecule has 7 heteroatoms. The van der Waals surface area contributed by atoms with Crippen molar-refractivity contribution >= 4 is 34.9 Å². The molecule has 2 heterocycles. The van der Waals surface area contributed by atoms with E-state index in [1.54, 1.807) is 24.5 Å². The number of rotatable bonds is 6. The Bertz CT molecular complexity index is 780. The third-order valence-electron chi connectivity index (χ3n) is 5.85. The highest BCUT2D eigenvalue weighted by atomic mass is 32.2. The summed E-state index contributed by atoms with van der Waals surface area (Å²) in [4.78, 5) is 42.4. The molecule has 1 aromatic heterocycles. The number of carbonyl (C=O) groups is 3. The van der Waals surface area contributed by atoms with Gasteiger partial charge in [0.05, 0.1) is 4.91 Å². The highest BCUT2D eigenvalue weighted by molar-refractivity contribution is 8.18. The van der Waals surface area contributed by atoms with Gasteiger partial charge in [0, 0.05) is 31.9 Å². The van der Waals surface area contributed by atoms with Crippen molar-refractivity contribution in [3.8, 4) is 0 Å². The van der Waals surface area contributed by atoms with Crippen LogP contribution in [0.1, 0.15) is 37.7 Å². The summed E-state index contributed by atoms with van der Waals surface area (Å²) in [6.45, 7) is 0.509. The number of pyridine rings is 1. The van der Waals surface area contributed by atoms with Crippen molar-refractivity contribution in [1.82, 2.24) is 15.2 Å². The van der Waals surface area contributed by atoms with Gasteiger partial charge < -0.3 is 5.32 Å². The fraction of sp³-hybridized carbons (Fsp3) is 0.500. The van der Waals surface area contributed by atoms with Crippen molar-refractivity contribution in [3.05, 3.63) is 35.0 Å². The Kier molecular flexibility index (Phi) is 5.29. The van der Waals surface area contributed by atoms with Crippen LogP contribution in [0.4, 0.5) is 4.79 Å². The maximum Gasteiger partial charge on any atom is 0.293 e. The summed E-state index contributed by atoms with van der Waals surface area (Å²) in [6.07, 6.45) is 10.6. The molecule has 142 valence electrons. The van der Waals surface area contributed by atoms with Gasteiger partial charge in [0.1, 0.15) is 0 Å². The summed E-state index contributed by atoms with van der Waals surface area (Å²) in [5, 5.41) is 2.58. The molecule has 6 nitrogen and oxygen atoms in total. The van der Waals surface area contributed by atoms with E-state index in [1.165, 1.54) is 30.6 Å². The molecule has 0 spiro atoms. The molecule has 1 aliphatic heterocycles. The number of carbonyl (C=O) groups excluding carboxylic acids is 3. The van der Waals surface area contributed by atoms with Crippen LogP contribution in [-0.2, 0) is 9.59 Å². The van der Waals surface area contributed by atoms with Crippen LogP contribution in [0.5, 0.6) is 0 Å². The topological polar surface area (TPSA) is 79.4 Å². The standard InChI is InChI=1S/C20H23N3O3S/c24-18(11-16-9-13-3-4-15(16)8-13)22-6-7-23-19(25)17(27-20(23)26)10-14-2-1-5-21-12-14/h1-2,5,10,12-13,15-16H,3-4,6-9,11H2,(H,22,24)/b17-10-. The first-order valence-corrected chi connectivity index (χ1v) is 10.3. The molecule has 2 aliphatic carbocycles. The van der Waals surface area contributed by atoms with Crippen molar-refractivity contribution < 1.29 is 14.4 Å². The number of fused-ring (bicyclic) bond motifs is 2. The highest BCUT2D eigenvalue weighted by Crippen LogP contribution is 2.49. The number of imide groups is 1.